The van der Waals surface area contributed by atoms with Crippen LogP contribution in [0.1, 0.15) is 54.7 Å². The summed E-state index contributed by atoms with van der Waals surface area (Å²) in [5.74, 6) is 1.47. The Hall–Kier alpha value is -3.51. The number of thioether (sulfide) groups is 1. The number of benzene rings is 3. The first-order valence-corrected chi connectivity index (χ1v) is 13.3. The molecule has 3 aromatic carbocycles. The van der Waals surface area contributed by atoms with Crippen LogP contribution in [0.5, 0.6) is 5.75 Å². The molecule has 5 rings (SSSR count). The van der Waals surface area contributed by atoms with Crippen molar-refractivity contribution >= 4 is 40.3 Å². The third-order valence-corrected chi connectivity index (χ3v) is 7.82. The van der Waals surface area contributed by atoms with Crippen molar-refractivity contribution in [3.8, 4) is 5.75 Å². The smallest absolute Gasteiger partial charge is 0.266 e. The van der Waals surface area contributed by atoms with Gasteiger partial charge in [-0.05, 0) is 89.7 Å². The lowest BCUT2D eigenvalue weighted by Gasteiger charge is -2.22. The number of rotatable bonds is 6. The Morgan fingerprint density at radius 3 is 2.36 bits per heavy atom. The number of carbonyl (C=O) groups excluding carboxylic acids is 1. The molecule has 1 amide bonds. The summed E-state index contributed by atoms with van der Waals surface area (Å²) in [6.07, 6.45) is 8.60. The number of carbonyl (C=O) groups is 1. The molecule has 3 aromatic rings. The van der Waals surface area contributed by atoms with Crippen LogP contribution in [0.3, 0.4) is 0 Å². The molecule has 5 nitrogen and oxygen atoms in total. The fourth-order valence-corrected chi connectivity index (χ4v) is 5.60. The lowest BCUT2D eigenvalue weighted by atomic mass is 9.84. The van der Waals surface area contributed by atoms with Crippen LogP contribution in [-0.2, 0) is 11.4 Å². The highest BCUT2D eigenvalue weighted by atomic mass is 32.2. The zero-order chi connectivity index (χ0) is 24.9. The Kier molecular flexibility index (Phi) is 7.42. The number of aliphatic imine (C=N–C) groups is 1. The molecular weight excluding hydrogens is 466 g/mol. The molecule has 0 bridgehead atoms. The minimum Gasteiger partial charge on any atom is -0.489 e. The number of anilines is 1. The van der Waals surface area contributed by atoms with Gasteiger partial charge < -0.3 is 10.5 Å². The average molecular weight is 498 g/mol. The Balaban J connectivity index is 1.19. The van der Waals surface area contributed by atoms with Gasteiger partial charge in [0.2, 0.25) is 0 Å². The fourth-order valence-electron chi connectivity index (χ4n) is 4.61. The fraction of sp³-hybridized carbons (Fsp3) is 0.267. The van der Waals surface area contributed by atoms with Crippen LogP contribution in [0.4, 0.5) is 11.4 Å². The predicted molar refractivity (Wildman–Crippen MR) is 149 cm³/mol. The first kappa shape index (κ1) is 24.2. The molecule has 1 saturated carbocycles. The van der Waals surface area contributed by atoms with Gasteiger partial charge in [-0.15, -0.1) is 0 Å². The summed E-state index contributed by atoms with van der Waals surface area (Å²) in [7, 11) is 1.74. The highest BCUT2D eigenvalue weighted by Crippen LogP contribution is 2.34. The number of ether oxygens (including phenoxy) is 1. The van der Waals surface area contributed by atoms with E-state index in [0.717, 1.165) is 22.9 Å². The Labute approximate surface area is 217 Å². The van der Waals surface area contributed by atoms with E-state index in [4.69, 9.17) is 10.5 Å². The highest BCUT2D eigenvalue weighted by Gasteiger charge is 2.30. The van der Waals surface area contributed by atoms with Crippen LogP contribution in [0, 0.1) is 0 Å². The SMILES string of the molecule is CN1C(=O)/C(=C/c2ccc(OCc3ccc(C4CCCCC4)cc3)cc2)S/C1=N/c1ccc(N)cc1. The second kappa shape index (κ2) is 11.0. The van der Waals surface area contributed by atoms with Gasteiger partial charge in [-0.25, -0.2) is 4.99 Å². The number of hydrogen-bond acceptors (Lipinski definition) is 5. The summed E-state index contributed by atoms with van der Waals surface area (Å²) >= 11 is 1.37. The maximum absolute atomic E-state index is 12.7. The van der Waals surface area contributed by atoms with Crippen LogP contribution in [0.15, 0.2) is 82.7 Å². The second-order valence-electron chi connectivity index (χ2n) is 9.39. The van der Waals surface area contributed by atoms with Crippen molar-refractivity contribution in [1.29, 1.82) is 0 Å². The van der Waals surface area contributed by atoms with Crippen LogP contribution in [0.25, 0.3) is 6.08 Å². The molecule has 1 aliphatic carbocycles. The van der Waals surface area contributed by atoms with Crippen LogP contribution in [-0.4, -0.2) is 23.0 Å². The molecule has 6 heteroatoms. The summed E-state index contributed by atoms with van der Waals surface area (Å²) in [4.78, 5) is 19.5. The van der Waals surface area contributed by atoms with Crippen molar-refractivity contribution < 1.29 is 9.53 Å². The summed E-state index contributed by atoms with van der Waals surface area (Å²) in [5.41, 5.74) is 10.8. The van der Waals surface area contributed by atoms with Crippen molar-refractivity contribution in [1.82, 2.24) is 4.90 Å². The lowest BCUT2D eigenvalue weighted by molar-refractivity contribution is -0.121. The number of hydrogen-bond donors (Lipinski definition) is 1. The van der Waals surface area contributed by atoms with Gasteiger partial charge >= 0.3 is 0 Å². The van der Waals surface area contributed by atoms with E-state index in [9.17, 15) is 4.79 Å². The van der Waals surface area contributed by atoms with E-state index in [2.05, 4.69) is 29.3 Å². The Bertz CT molecular complexity index is 1260. The van der Waals surface area contributed by atoms with Gasteiger partial charge in [0.15, 0.2) is 5.17 Å². The molecule has 0 spiro atoms. The molecule has 2 aliphatic rings. The van der Waals surface area contributed by atoms with E-state index in [1.165, 1.54) is 55.0 Å². The van der Waals surface area contributed by atoms with Crippen molar-refractivity contribution in [3.05, 3.63) is 94.4 Å². The number of likely N-dealkylation sites (N-methyl/N-ethyl adjacent to an activating group) is 1. The van der Waals surface area contributed by atoms with E-state index >= 15 is 0 Å². The molecule has 0 atom stereocenters. The van der Waals surface area contributed by atoms with Crippen molar-refractivity contribution in [2.75, 3.05) is 12.8 Å². The van der Waals surface area contributed by atoms with Crippen LogP contribution >= 0.6 is 11.8 Å². The minimum absolute atomic E-state index is 0.0637. The summed E-state index contributed by atoms with van der Waals surface area (Å²) < 4.78 is 6.00. The van der Waals surface area contributed by atoms with Crippen molar-refractivity contribution in [2.45, 2.75) is 44.6 Å². The van der Waals surface area contributed by atoms with Gasteiger partial charge in [-0.2, -0.15) is 0 Å². The molecule has 1 aliphatic heterocycles. The molecule has 0 unspecified atom stereocenters. The average Bonchev–Trinajstić information content (AvgIpc) is 3.18. The number of amides is 1. The third kappa shape index (κ3) is 5.82. The third-order valence-electron chi connectivity index (χ3n) is 6.76. The van der Waals surface area contributed by atoms with E-state index in [0.29, 0.717) is 22.4 Å². The Morgan fingerprint density at radius 1 is 0.972 bits per heavy atom. The molecule has 1 heterocycles. The summed E-state index contributed by atoms with van der Waals surface area (Å²) in [6.45, 7) is 0.537. The summed E-state index contributed by atoms with van der Waals surface area (Å²) in [6, 6.07) is 24.0. The molecule has 184 valence electrons. The monoisotopic (exact) mass is 497 g/mol. The van der Waals surface area contributed by atoms with Crippen molar-refractivity contribution in [3.63, 3.8) is 0 Å². The minimum atomic E-state index is -0.0637. The quantitative estimate of drug-likeness (QED) is 0.291. The largest absolute Gasteiger partial charge is 0.489 e. The second-order valence-corrected chi connectivity index (χ2v) is 10.4. The topological polar surface area (TPSA) is 67.9 Å². The number of amidine groups is 1. The highest BCUT2D eigenvalue weighted by molar-refractivity contribution is 8.18. The van der Waals surface area contributed by atoms with E-state index < -0.39 is 0 Å². The van der Waals surface area contributed by atoms with Gasteiger partial charge in [-0.3, -0.25) is 9.69 Å². The first-order chi connectivity index (χ1) is 17.5. The molecule has 1 saturated heterocycles. The Morgan fingerprint density at radius 2 is 1.67 bits per heavy atom. The van der Waals surface area contributed by atoms with Gasteiger partial charge in [0.25, 0.3) is 5.91 Å². The van der Waals surface area contributed by atoms with Crippen LogP contribution in [0.2, 0.25) is 0 Å². The molecule has 36 heavy (non-hydrogen) atoms. The standard InChI is InChI=1S/C30H31N3O2S/c1-33-29(34)28(36-30(33)32-26-15-13-25(31)14-16-26)19-21-9-17-27(18-10-21)35-20-22-7-11-24(12-8-22)23-5-3-2-4-6-23/h7-19,23H,2-6,20,31H2,1H3/b28-19-,32-30+. The number of nitrogens with two attached hydrogens (primary N) is 1. The number of nitrogens with zero attached hydrogens (tertiary/aromatic N) is 2. The van der Waals surface area contributed by atoms with Crippen LogP contribution < -0.4 is 10.5 Å². The van der Waals surface area contributed by atoms with E-state index in [-0.39, 0.29) is 5.91 Å². The molecule has 0 aromatic heterocycles. The first-order valence-electron chi connectivity index (χ1n) is 12.5. The lowest BCUT2D eigenvalue weighted by Crippen LogP contribution is -2.23. The predicted octanol–water partition coefficient (Wildman–Crippen LogP) is 7.13. The molecular formula is C30H31N3O2S. The maximum atomic E-state index is 12.7. The number of nitrogen functional groups attached to an aromatic ring is 1. The zero-order valence-electron chi connectivity index (χ0n) is 20.5. The normalized spacial score (nSPS) is 18.8. The van der Waals surface area contributed by atoms with E-state index in [1.807, 2.05) is 42.5 Å². The van der Waals surface area contributed by atoms with Crippen molar-refractivity contribution in [2.24, 2.45) is 4.99 Å². The van der Waals surface area contributed by atoms with Gasteiger partial charge in [-0.1, -0.05) is 55.7 Å². The molecule has 0 radical (unpaired) electrons. The van der Waals surface area contributed by atoms with Gasteiger partial charge in [0.05, 0.1) is 10.6 Å². The molecule has 2 N–H and O–H groups in total. The van der Waals surface area contributed by atoms with Gasteiger partial charge in [0, 0.05) is 12.7 Å². The van der Waals surface area contributed by atoms with E-state index in [1.54, 1.807) is 24.1 Å². The maximum Gasteiger partial charge on any atom is 0.266 e. The van der Waals surface area contributed by atoms with Gasteiger partial charge in [0.1, 0.15) is 12.4 Å². The zero-order valence-corrected chi connectivity index (χ0v) is 21.3. The molecule has 2 fully saturated rings. The summed E-state index contributed by atoms with van der Waals surface area (Å²) in [5, 5.41) is 0.644.